The molecule has 0 aliphatic carbocycles. The van der Waals surface area contributed by atoms with Gasteiger partial charge in [-0.15, -0.1) is 0 Å². The molecule has 28 heavy (non-hydrogen) atoms. The van der Waals surface area contributed by atoms with Crippen LogP contribution >= 0.6 is 0 Å². The van der Waals surface area contributed by atoms with Crippen LogP contribution < -0.4 is 4.90 Å². The van der Waals surface area contributed by atoms with Gasteiger partial charge in [-0.05, 0) is 20.8 Å². The number of rotatable bonds is 4. The molecule has 4 heterocycles. The number of hydrogen-bond acceptors (Lipinski definition) is 7. The topological polar surface area (TPSA) is 113 Å². The molecule has 1 saturated heterocycles. The number of nitrogens with zero attached hydrogens (tertiary/aromatic N) is 7. The molecule has 0 spiro atoms. The number of hydrogen-bond donors (Lipinski definition) is 1. The molecule has 3 aromatic rings. The fourth-order valence-corrected chi connectivity index (χ4v) is 5.22. The molecule has 1 N–H and O–H groups in total. The first-order valence-electron chi connectivity index (χ1n) is 8.97. The van der Waals surface area contributed by atoms with Crippen LogP contribution in [0.3, 0.4) is 0 Å². The van der Waals surface area contributed by atoms with Gasteiger partial charge >= 0.3 is 0 Å². The van der Waals surface area contributed by atoms with Crippen molar-refractivity contribution in [2.75, 3.05) is 31.1 Å². The Morgan fingerprint density at radius 3 is 2.32 bits per heavy atom. The third kappa shape index (κ3) is 3.16. The normalized spacial score (nSPS) is 15.9. The Balaban J connectivity index is 1.51. The van der Waals surface area contributed by atoms with E-state index in [0.717, 1.165) is 17.5 Å². The number of piperazine rings is 1. The molecule has 0 bridgehead atoms. The molecule has 10 nitrogen and oxygen atoms in total. The zero-order valence-electron chi connectivity index (χ0n) is 16.0. The lowest BCUT2D eigenvalue weighted by Gasteiger charge is -2.34. The number of H-pyrrole nitrogens is 1. The molecule has 0 amide bonds. The third-order valence-corrected chi connectivity index (χ3v) is 7.09. The van der Waals surface area contributed by atoms with E-state index in [1.807, 2.05) is 23.8 Å². The highest BCUT2D eigenvalue weighted by Crippen LogP contribution is 2.24. The zero-order chi connectivity index (χ0) is 19.9. The molecule has 0 atom stereocenters. The second kappa shape index (κ2) is 6.99. The predicted molar refractivity (Wildman–Crippen MR) is 103 cm³/mol. The van der Waals surface area contributed by atoms with Crippen molar-refractivity contribution in [3.8, 4) is 5.82 Å². The Bertz CT molecular complexity index is 1080. The highest BCUT2D eigenvalue weighted by atomic mass is 32.2. The van der Waals surface area contributed by atoms with E-state index in [1.165, 1.54) is 10.6 Å². The average molecular weight is 402 g/mol. The minimum Gasteiger partial charge on any atom is -0.354 e. The summed E-state index contributed by atoms with van der Waals surface area (Å²) in [6, 6.07) is 1.89. The van der Waals surface area contributed by atoms with E-state index in [9.17, 15) is 8.42 Å². The largest absolute Gasteiger partial charge is 0.354 e. The molecule has 1 aliphatic rings. The van der Waals surface area contributed by atoms with Crippen LogP contribution in [0.1, 0.15) is 17.2 Å². The van der Waals surface area contributed by atoms with Gasteiger partial charge in [-0.1, -0.05) is 0 Å². The maximum atomic E-state index is 13.0. The quantitative estimate of drug-likeness (QED) is 0.687. The van der Waals surface area contributed by atoms with E-state index in [0.29, 0.717) is 37.6 Å². The average Bonchev–Trinajstić information content (AvgIpc) is 3.27. The molecule has 4 rings (SSSR count). The second-order valence-electron chi connectivity index (χ2n) is 6.73. The molecule has 0 unspecified atom stereocenters. The molecule has 148 valence electrons. The summed E-state index contributed by atoms with van der Waals surface area (Å²) in [5.41, 5.74) is 1.06. The minimum atomic E-state index is -3.57. The van der Waals surface area contributed by atoms with Gasteiger partial charge in [0.05, 0.1) is 11.4 Å². The Hall–Kier alpha value is -2.79. The van der Waals surface area contributed by atoms with Crippen molar-refractivity contribution in [1.29, 1.82) is 0 Å². The van der Waals surface area contributed by atoms with Gasteiger partial charge in [0.25, 0.3) is 0 Å². The molecule has 0 aromatic carbocycles. The van der Waals surface area contributed by atoms with Crippen molar-refractivity contribution in [3.05, 3.63) is 42.0 Å². The smallest absolute Gasteiger partial charge is 0.246 e. The number of sulfonamides is 1. The summed E-state index contributed by atoms with van der Waals surface area (Å²) in [5.74, 6) is 2.34. The molecular weight excluding hydrogens is 380 g/mol. The van der Waals surface area contributed by atoms with Crippen molar-refractivity contribution < 1.29 is 8.42 Å². The Morgan fingerprint density at radius 1 is 1.00 bits per heavy atom. The Morgan fingerprint density at radius 2 is 1.71 bits per heavy atom. The summed E-state index contributed by atoms with van der Waals surface area (Å²) in [7, 11) is -3.57. The summed E-state index contributed by atoms with van der Waals surface area (Å²) >= 11 is 0. The van der Waals surface area contributed by atoms with Gasteiger partial charge < -0.3 is 4.90 Å². The van der Waals surface area contributed by atoms with E-state index in [2.05, 4.69) is 30.0 Å². The summed E-state index contributed by atoms with van der Waals surface area (Å²) in [4.78, 5) is 15.2. The maximum absolute atomic E-state index is 13.0. The predicted octanol–water partition coefficient (Wildman–Crippen LogP) is 0.822. The number of imidazole rings is 1. The van der Waals surface area contributed by atoms with Crippen LogP contribution in [0, 0.1) is 20.8 Å². The van der Waals surface area contributed by atoms with Crippen LogP contribution in [0.2, 0.25) is 0 Å². The fourth-order valence-electron chi connectivity index (χ4n) is 3.47. The molecule has 11 heteroatoms. The monoisotopic (exact) mass is 402 g/mol. The number of anilines is 1. The van der Waals surface area contributed by atoms with E-state index in [-0.39, 0.29) is 4.90 Å². The first-order chi connectivity index (χ1) is 13.4. The van der Waals surface area contributed by atoms with Gasteiger partial charge in [0.1, 0.15) is 28.7 Å². The zero-order valence-corrected chi connectivity index (χ0v) is 16.8. The van der Waals surface area contributed by atoms with E-state index in [4.69, 9.17) is 0 Å². The van der Waals surface area contributed by atoms with Crippen LogP contribution in [-0.4, -0.2) is 68.6 Å². The lowest BCUT2D eigenvalue weighted by molar-refractivity contribution is 0.383. The van der Waals surface area contributed by atoms with Crippen LogP contribution in [0.5, 0.6) is 0 Å². The molecule has 0 radical (unpaired) electrons. The highest BCUT2D eigenvalue weighted by molar-refractivity contribution is 7.89. The number of aromatic amines is 1. The number of aromatic nitrogens is 6. The van der Waals surface area contributed by atoms with Crippen molar-refractivity contribution in [2.24, 2.45) is 0 Å². The van der Waals surface area contributed by atoms with E-state index >= 15 is 0 Å². The van der Waals surface area contributed by atoms with E-state index < -0.39 is 10.0 Å². The van der Waals surface area contributed by atoms with Gasteiger partial charge in [0.15, 0.2) is 0 Å². The molecule has 1 fully saturated rings. The van der Waals surface area contributed by atoms with Crippen molar-refractivity contribution in [3.63, 3.8) is 0 Å². The standard InChI is InChI=1S/C17H22N8O2S/c1-12-17(13(2)22-21-12)28(26,27)24-8-6-23(7-9-24)15-10-16(20-11-19-15)25-5-4-18-14(25)3/h4-5,10-11H,6-9H2,1-3H3,(H,21,22). The summed E-state index contributed by atoms with van der Waals surface area (Å²) < 4.78 is 29.4. The maximum Gasteiger partial charge on any atom is 0.246 e. The fraction of sp³-hybridized carbons (Fsp3) is 0.412. The lowest BCUT2D eigenvalue weighted by Crippen LogP contribution is -2.49. The van der Waals surface area contributed by atoms with Crippen LogP contribution in [0.25, 0.3) is 5.82 Å². The van der Waals surface area contributed by atoms with Gasteiger partial charge in [0.2, 0.25) is 10.0 Å². The first-order valence-corrected chi connectivity index (χ1v) is 10.4. The Kier molecular flexibility index (Phi) is 4.63. The SMILES string of the molecule is Cc1n[nH]c(C)c1S(=O)(=O)N1CCN(c2cc(-n3ccnc3C)ncn2)CC1. The molecule has 3 aromatic heterocycles. The Labute approximate surface area is 163 Å². The van der Waals surface area contributed by atoms with Gasteiger partial charge in [0, 0.05) is 44.6 Å². The van der Waals surface area contributed by atoms with Gasteiger partial charge in [-0.25, -0.2) is 23.4 Å². The summed E-state index contributed by atoms with van der Waals surface area (Å²) in [6.07, 6.45) is 5.09. The number of nitrogens with one attached hydrogen (secondary N) is 1. The van der Waals surface area contributed by atoms with Crippen LogP contribution in [0.15, 0.2) is 29.7 Å². The molecular formula is C17H22N8O2S. The minimum absolute atomic E-state index is 0.279. The van der Waals surface area contributed by atoms with E-state index in [1.54, 1.807) is 20.0 Å². The molecule has 1 aliphatic heterocycles. The highest BCUT2D eigenvalue weighted by Gasteiger charge is 2.32. The molecule has 0 saturated carbocycles. The van der Waals surface area contributed by atoms with Gasteiger partial charge in [-0.2, -0.15) is 9.40 Å². The van der Waals surface area contributed by atoms with Crippen molar-refractivity contribution in [2.45, 2.75) is 25.7 Å². The number of aryl methyl sites for hydroxylation is 3. The van der Waals surface area contributed by atoms with Crippen molar-refractivity contribution in [1.82, 2.24) is 34.0 Å². The summed E-state index contributed by atoms with van der Waals surface area (Å²) in [6.45, 7) is 7.21. The van der Waals surface area contributed by atoms with Crippen LogP contribution in [0.4, 0.5) is 5.82 Å². The third-order valence-electron chi connectivity index (χ3n) is 4.93. The van der Waals surface area contributed by atoms with Gasteiger partial charge in [-0.3, -0.25) is 9.67 Å². The van der Waals surface area contributed by atoms with Crippen molar-refractivity contribution >= 4 is 15.8 Å². The second-order valence-corrected chi connectivity index (χ2v) is 8.61. The first kappa shape index (κ1) is 18.6. The lowest BCUT2D eigenvalue weighted by atomic mass is 10.3. The summed E-state index contributed by atoms with van der Waals surface area (Å²) in [5, 5.41) is 6.77. The van der Waals surface area contributed by atoms with Crippen LogP contribution in [-0.2, 0) is 10.0 Å².